The summed E-state index contributed by atoms with van der Waals surface area (Å²) in [5.74, 6) is 1.68. The van der Waals surface area contributed by atoms with Gasteiger partial charge in [-0.3, -0.25) is 4.79 Å². The maximum Gasteiger partial charge on any atom is 0.255 e. The molecular weight excluding hydrogens is 330 g/mol. The lowest BCUT2D eigenvalue weighted by molar-refractivity contribution is 0.0923. The van der Waals surface area contributed by atoms with Gasteiger partial charge < -0.3 is 19.5 Å². The van der Waals surface area contributed by atoms with Gasteiger partial charge in [0, 0.05) is 5.02 Å². The molecular formula is C18H20ClNO4. The van der Waals surface area contributed by atoms with Crippen LogP contribution in [0.1, 0.15) is 17.3 Å². The molecule has 2 aromatic rings. The van der Waals surface area contributed by atoms with Crippen molar-refractivity contribution in [3.8, 4) is 17.2 Å². The summed E-state index contributed by atoms with van der Waals surface area (Å²) in [6.45, 7) is 2.19. The van der Waals surface area contributed by atoms with Crippen molar-refractivity contribution in [3.05, 3.63) is 53.1 Å². The molecule has 0 aromatic heterocycles. The number of rotatable bonds is 7. The number of hydrogen-bond donors (Lipinski definition) is 1. The Kier molecular flexibility index (Phi) is 6.32. The van der Waals surface area contributed by atoms with Crippen LogP contribution in [0.4, 0.5) is 0 Å². The molecule has 5 nitrogen and oxygen atoms in total. The van der Waals surface area contributed by atoms with Crippen LogP contribution >= 0.6 is 11.6 Å². The van der Waals surface area contributed by atoms with E-state index < -0.39 is 0 Å². The standard InChI is InChI=1S/C18H20ClNO4/c1-12(11-24-15-7-5-14(22-2)6-8-15)20-18(21)16-10-13(19)4-9-17(16)23-3/h4-10,12H,11H2,1-3H3,(H,20,21)/t12-/m1/s1. The molecule has 0 heterocycles. The minimum Gasteiger partial charge on any atom is -0.497 e. The van der Waals surface area contributed by atoms with E-state index in [1.807, 2.05) is 31.2 Å². The molecule has 1 amide bonds. The molecule has 0 saturated carbocycles. The molecule has 2 aromatic carbocycles. The fourth-order valence-electron chi connectivity index (χ4n) is 2.09. The predicted octanol–water partition coefficient (Wildman–Crippen LogP) is 3.55. The van der Waals surface area contributed by atoms with Gasteiger partial charge in [0.15, 0.2) is 0 Å². The van der Waals surface area contributed by atoms with Crippen molar-refractivity contribution in [2.45, 2.75) is 13.0 Å². The van der Waals surface area contributed by atoms with Crippen LogP contribution in [0.3, 0.4) is 0 Å². The first-order chi connectivity index (χ1) is 11.5. The highest BCUT2D eigenvalue weighted by Gasteiger charge is 2.15. The summed E-state index contributed by atoms with van der Waals surface area (Å²) in [4.78, 5) is 12.4. The normalized spacial score (nSPS) is 11.5. The first kappa shape index (κ1) is 17.9. The molecule has 0 fully saturated rings. The molecule has 0 bridgehead atoms. The molecule has 0 aliphatic rings. The van der Waals surface area contributed by atoms with Crippen molar-refractivity contribution in [1.29, 1.82) is 0 Å². The lowest BCUT2D eigenvalue weighted by atomic mass is 10.1. The highest BCUT2D eigenvalue weighted by Crippen LogP contribution is 2.22. The zero-order valence-electron chi connectivity index (χ0n) is 13.8. The molecule has 0 spiro atoms. The largest absolute Gasteiger partial charge is 0.497 e. The Labute approximate surface area is 146 Å². The van der Waals surface area contributed by atoms with Gasteiger partial charge in [-0.2, -0.15) is 0 Å². The van der Waals surface area contributed by atoms with E-state index in [2.05, 4.69) is 5.32 Å². The van der Waals surface area contributed by atoms with Crippen molar-refractivity contribution < 1.29 is 19.0 Å². The van der Waals surface area contributed by atoms with Gasteiger partial charge in [-0.05, 0) is 49.4 Å². The van der Waals surface area contributed by atoms with Crippen LogP contribution in [0.15, 0.2) is 42.5 Å². The van der Waals surface area contributed by atoms with Gasteiger partial charge in [-0.25, -0.2) is 0 Å². The van der Waals surface area contributed by atoms with Crippen LogP contribution in [0.2, 0.25) is 5.02 Å². The summed E-state index contributed by atoms with van der Waals surface area (Å²) in [6, 6.07) is 12.0. The summed E-state index contributed by atoms with van der Waals surface area (Å²) in [7, 11) is 3.12. The third kappa shape index (κ3) is 4.80. The molecule has 0 aliphatic carbocycles. The zero-order chi connectivity index (χ0) is 17.5. The van der Waals surface area contributed by atoms with Gasteiger partial charge in [0.1, 0.15) is 23.9 Å². The van der Waals surface area contributed by atoms with E-state index in [-0.39, 0.29) is 11.9 Å². The van der Waals surface area contributed by atoms with Crippen molar-refractivity contribution in [2.24, 2.45) is 0 Å². The van der Waals surface area contributed by atoms with Crippen LogP contribution in [0.25, 0.3) is 0 Å². The van der Waals surface area contributed by atoms with E-state index in [4.69, 9.17) is 25.8 Å². The van der Waals surface area contributed by atoms with Gasteiger partial charge >= 0.3 is 0 Å². The molecule has 0 unspecified atom stereocenters. The highest BCUT2D eigenvalue weighted by atomic mass is 35.5. The van der Waals surface area contributed by atoms with E-state index in [1.54, 1.807) is 25.3 Å². The average Bonchev–Trinajstić information content (AvgIpc) is 2.60. The second-order valence-corrected chi connectivity index (χ2v) is 5.64. The Morgan fingerprint density at radius 2 is 1.75 bits per heavy atom. The molecule has 0 saturated heterocycles. The monoisotopic (exact) mass is 349 g/mol. The predicted molar refractivity (Wildman–Crippen MR) is 93.4 cm³/mol. The number of benzene rings is 2. The number of carbonyl (C=O) groups is 1. The average molecular weight is 350 g/mol. The maximum absolute atomic E-state index is 12.4. The number of ether oxygens (including phenoxy) is 3. The minimum atomic E-state index is -0.264. The Morgan fingerprint density at radius 3 is 2.38 bits per heavy atom. The Balaban J connectivity index is 1.92. The summed E-state index contributed by atoms with van der Waals surface area (Å²) in [5.41, 5.74) is 0.390. The second-order valence-electron chi connectivity index (χ2n) is 5.21. The van der Waals surface area contributed by atoms with Crippen LogP contribution in [-0.4, -0.2) is 32.8 Å². The Morgan fingerprint density at radius 1 is 1.08 bits per heavy atom. The minimum absolute atomic E-state index is 0.191. The fraction of sp³-hybridized carbons (Fsp3) is 0.278. The molecule has 1 N–H and O–H groups in total. The molecule has 24 heavy (non-hydrogen) atoms. The van der Waals surface area contributed by atoms with Crippen LogP contribution in [0, 0.1) is 0 Å². The molecule has 0 radical (unpaired) electrons. The van der Waals surface area contributed by atoms with Crippen molar-refractivity contribution in [1.82, 2.24) is 5.32 Å². The number of methoxy groups -OCH3 is 2. The van der Waals surface area contributed by atoms with Crippen molar-refractivity contribution in [3.63, 3.8) is 0 Å². The van der Waals surface area contributed by atoms with Gasteiger partial charge in [-0.15, -0.1) is 0 Å². The van der Waals surface area contributed by atoms with Gasteiger partial charge in [-0.1, -0.05) is 11.6 Å². The van der Waals surface area contributed by atoms with E-state index in [0.717, 1.165) is 5.75 Å². The van der Waals surface area contributed by atoms with Crippen LogP contribution in [-0.2, 0) is 0 Å². The molecule has 0 aliphatic heterocycles. The summed E-state index contributed by atoms with van der Waals surface area (Å²) in [6.07, 6.45) is 0. The molecule has 1 atom stereocenters. The quantitative estimate of drug-likeness (QED) is 0.830. The Hall–Kier alpha value is -2.40. The van der Waals surface area contributed by atoms with Crippen LogP contribution < -0.4 is 19.5 Å². The smallest absolute Gasteiger partial charge is 0.255 e. The third-order valence-corrected chi connectivity index (χ3v) is 3.58. The lowest BCUT2D eigenvalue weighted by Crippen LogP contribution is -2.37. The molecule has 6 heteroatoms. The number of hydrogen-bond acceptors (Lipinski definition) is 4. The van der Waals surface area contributed by atoms with Gasteiger partial charge in [0.25, 0.3) is 5.91 Å². The van der Waals surface area contributed by atoms with Gasteiger partial charge in [0.2, 0.25) is 0 Å². The number of nitrogens with one attached hydrogen (secondary N) is 1. The summed E-state index contributed by atoms with van der Waals surface area (Å²) in [5, 5.41) is 3.34. The topological polar surface area (TPSA) is 56.8 Å². The van der Waals surface area contributed by atoms with E-state index >= 15 is 0 Å². The zero-order valence-corrected chi connectivity index (χ0v) is 14.6. The third-order valence-electron chi connectivity index (χ3n) is 3.34. The highest BCUT2D eigenvalue weighted by molar-refractivity contribution is 6.31. The number of carbonyl (C=O) groups excluding carboxylic acids is 1. The second kappa shape index (κ2) is 8.45. The Bertz CT molecular complexity index is 688. The SMILES string of the molecule is COc1ccc(OC[C@@H](C)NC(=O)c2cc(Cl)ccc2OC)cc1. The van der Waals surface area contributed by atoms with Crippen LogP contribution in [0.5, 0.6) is 17.2 Å². The maximum atomic E-state index is 12.4. The van der Waals surface area contributed by atoms with E-state index in [9.17, 15) is 4.79 Å². The van der Waals surface area contributed by atoms with E-state index in [0.29, 0.717) is 28.7 Å². The van der Waals surface area contributed by atoms with Crippen molar-refractivity contribution >= 4 is 17.5 Å². The first-order valence-corrected chi connectivity index (χ1v) is 7.82. The lowest BCUT2D eigenvalue weighted by Gasteiger charge is -2.16. The van der Waals surface area contributed by atoms with Gasteiger partial charge in [0.05, 0.1) is 25.8 Å². The molecule has 128 valence electrons. The summed E-state index contributed by atoms with van der Waals surface area (Å²) >= 11 is 5.95. The van der Waals surface area contributed by atoms with E-state index in [1.165, 1.54) is 7.11 Å². The summed E-state index contributed by atoms with van der Waals surface area (Å²) < 4.78 is 15.9. The number of halogens is 1. The fourth-order valence-corrected chi connectivity index (χ4v) is 2.27. The van der Waals surface area contributed by atoms with Crippen molar-refractivity contribution in [2.75, 3.05) is 20.8 Å². The number of amides is 1. The molecule has 2 rings (SSSR count). The first-order valence-electron chi connectivity index (χ1n) is 7.44.